The molecule has 2 aromatic carbocycles. The number of hydrogen-bond donors (Lipinski definition) is 2. The minimum absolute atomic E-state index is 0.136. The van der Waals surface area contributed by atoms with Crippen LogP contribution in [0.25, 0.3) is 0 Å². The smallest absolute Gasteiger partial charge is 0.251 e. The van der Waals surface area contributed by atoms with Gasteiger partial charge in [0, 0.05) is 24.7 Å². The van der Waals surface area contributed by atoms with Crippen molar-refractivity contribution in [3.8, 4) is 0 Å². The summed E-state index contributed by atoms with van der Waals surface area (Å²) in [4.78, 5) is 15.1. The van der Waals surface area contributed by atoms with E-state index < -0.39 is 10.0 Å². The van der Waals surface area contributed by atoms with Gasteiger partial charge in [-0.2, -0.15) is 0 Å². The van der Waals surface area contributed by atoms with Crippen molar-refractivity contribution in [1.82, 2.24) is 14.9 Å². The highest BCUT2D eigenvalue weighted by atomic mass is 32.2. The van der Waals surface area contributed by atoms with Crippen molar-refractivity contribution in [2.75, 3.05) is 19.6 Å². The van der Waals surface area contributed by atoms with Crippen molar-refractivity contribution < 1.29 is 13.2 Å². The molecule has 1 amide bonds. The topological polar surface area (TPSA) is 78.5 Å². The van der Waals surface area contributed by atoms with Gasteiger partial charge in [0.2, 0.25) is 10.0 Å². The van der Waals surface area contributed by atoms with E-state index in [2.05, 4.69) is 21.9 Å². The zero-order valence-corrected chi connectivity index (χ0v) is 17.8. The van der Waals surface area contributed by atoms with Gasteiger partial charge < -0.3 is 5.32 Å². The first-order chi connectivity index (χ1) is 13.9. The fraction of sp³-hybridized carbons (Fsp3) is 0.409. The summed E-state index contributed by atoms with van der Waals surface area (Å²) in [6.07, 6.45) is 2.22. The Kier molecular flexibility index (Phi) is 7.05. The fourth-order valence-corrected chi connectivity index (χ4v) is 5.02. The molecule has 1 aliphatic rings. The maximum absolute atomic E-state index is 12.8. The normalized spacial score (nSPS) is 17.4. The van der Waals surface area contributed by atoms with Crippen LogP contribution < -0.4 is 10.0 Å². The Bertz CT molecular complexity index is 945. The van der Waals surface area contributed by atoms with E-state index >= 15 is 0 Å². The molecule has 0 saturated carbocycles. The van der Waals surface area contributed by atoms with E-state index in [9.17, 15) is 13.2 Å². The van der Waals surface area contributed by atoms with E-state index in [4.69, 9.17) is 0 Å². The number of carbonyl (C=O) groups is 1. The van der Waals surface area contributed by atoms with Crippen LogP contribution in [0.15, 0.2) is 53.4 Å². The average Bonchev–Trinajstić information content (AvgIpc) is 3.19. The van der Waals surface area contributed by atoms with Gasteiger partial charge in [-0.1, -0.05) is 43.3 Å². The molecule has 7 heteroatoms. The van der Waals surface area contributed by atoms with Crippen LogP contribution in [0.4, 0.5) is 0 Å². The monoisotopic (exact) mass is 415 g/mol. The van der Waals surface area contributed by atoms with Crippen LogP contribution in [0.1, 0.15) is 41.3 Å². The predicted molar refractivity (Wildman–Crippen MR) is 114 cm³/mol. The molecule has 1 aliphatic heterocycles. The van der Waals surface area contributed by atoms with Crippen molar-refractivity contribution in [3.63, 3.8) is 0 Å². The summed E-state index contributed by atoms with van der Waals surface area (Å²) < 4.78 is 28.2. The summed E-state index contributed by atoms with van der Waals surface area (Å²) in [5, 5.41) is 2.97. The van der Waals surface area contributed by atoms with Gasteiger partial charge in [-0.3, -0.25) is 9.69 Å². The predicted octanol–water partition coefficient (Wildman–Crippen LogP) is 2.69. The Balaban J connectivity index is 1.69. The number of nitrogens with one attached hydrogen (secondary N) is 2. The van der Waals surface area contributed by atoms with E-state index in [1.54, 1.807) is 19.1 Å². The number of sulfonamides is 1. The van der Waals surface area contributed by atoms with Gasteiger partial charge >= 0.3 is 0 Å². The SMILES string of the molecule is CCN1CCCC1CNC(=O)c1ccc(C)c(S(=O)(=O)NCc2ccccc2)c1. The van der Waals surface area contributed by atoms with Crippen LogP contribution >= 0.6 is 0 Å². The molecule has 156 valence electrons. The molecule has 1 saturated heterocycles. The van der Waals surface area contributed by atoms with Crippen molar-refractivity contribution in [2.45, 2.75) is 44.2 Å². The number of likely N-dealkylation sites (tertiary alicyclic amines) is 1. The molecular weight excluding hydrogens is 386 g/mol. The molecule has 0 bridgehead atoms. The minimum Gasteiger partial charge on any atom is -0.350 e. The molecule has 6 nitrogen and oxygen atoms in total. The van der Waals surface area contributed by atoms with Crippen LogP contribution in [0.5, 0.6) is 0 Å². The van der Waals surface area contributed by atoms with E-state index in [1.807, 2.05) is 30.3 Å². The molecule has 1 fully saturated rings. The van der Waals surface area contributed by atoms with Crippen LogP contribution in [0.2, 0.25) is 0 Å². The summed E-state index contributed by atoms with van der Waals surface area (Å²) in [6, 6.07) is 14.5. The Hall–Kier alpha value is -2.22. The lowest BCUT2D eigenvalue weighted by atomic mass is 10.1. The van der Waals surface area contributed by atoms with Crippen LogP contribution in [0.3, 0.4) is 0 Å². The molecule has 29 heavy (non-hydrogen) atoms. The number of aryl methyl sites for hydroxylation is 1. The molecule has 2 aromatic rings. The molecule has 1 unspecified atom stereocenters. The number of rotatable bonds is 8. The summed E-state index contributed by atoms with van der Waals surface area (Å²) >= 11 is 0. The van der Waals surface area contributed by atoms with E-state index in [1.165, 1.54) is 6.07 Å². The van der Waals surface area contributed by atoms with E-state index in [-0.39, 0.29) is 17.3 Å². The zero-order chi connectivity index (χ0) is 20.9. The lowest BCUT2D eigenvalue weighted by Gasteiger charge is -2.23. The number of nitrogens with zero attached hydrogens (tertiary/aromatic N) is 1. The third-order valence-corrected chi connectivity index (χ3v) is 7.00. The first kappa shape index (κ1) is 21.5. The standard InChI is InChI=1S/C22H29N3O3S/c1-3-25-13-7-10-20(25)16-23-22(26)19-12-11-17(2)21(14-19)29(27,28)24-15-18-8-5-4-6-9-18/h4-6,8-9,11-12,14,20,24H,3,7,10,13,15-16H2,1-2H3,(H,23,26). The fourth-order valence-electron chi connectivity index (χ4n) is 3.74. The largest absolute Gasteiger partial charge is 0.350 e. The first-order valence-corrected chi connectivity index (χ1v) is 11.6. The van der Waals surface area contributed by atoms with Gasteiger partial charge in [-0.25, -0.2) is 13.1 Å². The quantitative estimate of drug-likeness (QED) is 0.695. The average molecular weight is 416 g/mol. The Labute approximate surface area is 173 Å². The maximum atomic E-state index is 12.8. The molecule has 2 N–H and O–H groups in total. The Morgan fingerprint density at radius 3 is 2.66 bits per heavy atom. The highest BCUT2D eigenvalue weighted by molar-refractivity contribution is 7.89. The Morgan fingerprint density at radius 2 is 1.93 bits per heavy atom. The van der Waals surface area contributed by atoms with Crippen molar-refractivity contribution in [1.29, 1.82) is 0 Å². The molecule has 0 aromatic heterocycles. The van der Waals surface area contributed by atoms with Crippen LogP contribution in [-0.2, 0) is 16.6 Å². The number of benzene rings is 2. The summed E-state index contributed by atoms with van der Waals surface area (Å²) in [5.41, 5.74) is 1.84. The zero-order valence-electron chi connectivity index (χ0n) is 17.0. The highest BCUT2D eigenvalue weighted by Gasteiger charge is 2.24. The third-order valence-electron chi connectivity index (χ3n) is 5.45. The second-order valence-electron chi connectivity index (χ2n) is 7.43. The first-order valence-electron chi connectivity index (χ1n) is 10.1. The summed E-state index contributed by atoms with van der Waals surface area (Å²) in [6.45, 7) is 6.68. The van der Waals surface area contributed by atoms with Gasteiger partial charge in [0.15, 0.2) is 0 Å². The van der Waals surface area contributed by atoms with Crippen molar-refractivity contribution in [3.05, 3.63) is 65.2 Å². The maximum Gasteiger partial charge on any atom is 0.251 e. The molecule has 1 heterocycles. The lowest BCUT2D eigenvalue weighted by molar-refractivity contribution is 0.0941. The van der Waals surface area contributed by atoms with Crippen LogP contribution in [0, 0.1) is 6.92 Å². The van der Waals surface area contributed by atoms with Gasteiger partial charge in [-0.15, -0.1) is 0 Å². The number of carbonyl (C=O) groups excluding carboxylic acids is 1. The molecular formula is C22H29N3O3S. The molecule has 0 spiro atoms. The minimum atomic E-state index is -3.73. The molecule has 0 aliphatic carbocycles. The lowest BCUT2D eigenvalue weighted by Crippen LogP contribution is -2.40. The van der Waals surface area contributed by atoms with E-state index in [0.717, 1.165) is 31.5 Å². The van der Waals surface area contributed by atoms with Gasteiger partial charge in [0.25, 0.3) is 5.91 Å². The number of hydrogen-bond acceptors (Lipinski definition) is 4. The highest BCUT2D eigenvalue weighted by Crippen LogP contribution is 2.19. The third kappa shape index (κ3) is 5.44. The second-order valence-corrected chi connectivity index (χ2v) is 9.16. The van der Waals surface area contributed by atoms with Gasteiger partial charge in [0.1, 0.15) is 0 Å². The Morgan fingerprint density at radius 1 is 1.17 bits per heavy atom. The van der Waals surface area contributed by atoms with Gasteiger partial charge in [0.05, 0.1) is 4.90 Å². The van der Waals surface area contributed by atoms with E-state index in [0.29, 0.717) is 23.7 Å². The van der Waals surface area contributed by atoms with Crippen molar-refractivity contribution in [2.24, 2.45) is 0 Å². The molecule has 0 radical (unpaired) electrons. The van der Waals surface area contributed by atoms with Crippen LogP contribution in [-0.4, -0.2) is 44.9 Å². The van der Waals surface area contributed by atoms with Gasteiger partial charge in [-0.05, 0) is 56.1 Å². The summed E-state index contributed by atoms with van der Waals surface area (Å²) in [5.74, 6) is -0.243. The molecule has 1 atom stereocenters. The number of amides is 1. The second kappa shape index (κ2) is 9.52. The van der Waals surface area contributed by atoms with Crippen molar-refractivity contribution >= 4 is 15.9 Å². The summed E-state index contributed by atoms with van der Waals surface area (Å²) in [7, 11) is -3.73. The number of likely N-dealkylation sites (N-methyl/N-ethyl adjacent to an activating group) is 1. The molecule has 3 rings (SSSR count).